The topological polar surface area (TPSA) is 76.2 Å². The van der Waals surface area contributed by atoms with Crippen LogP contribution >= 0.6 is 15.9 Å². The van der Waals surface area contributed by atoms with Gasteiger partial charge < -0.3 is 10.8 Å². The molecule has 0 aliphatic rings. The van der Waals surface area contributed by atoms with E-state index in [1.54, 1.807) is 0 Å². The summed E-state index contributed by atoms with van der Waals surface area (Å²) in [6, 6.07) is 0.766. The number of aromatic carboxylic acids is 1. The Labute approximate surface area is 75.3 Å². The van der Waals surface area contributed by atoms with Gasteiger partial charge in [0.1, 0.15) is 4.60 Å². The quantitative estimate of drug-likeness (QED) is 0.718. The second-order valence-corrected chi connectivity index (χ2v) is 2.75. The molecule has 0 fully saturated rings. The van der Waals surface area contributed by atoms with Gasteiger partial charge in [-0.2, -0.15) is 4.39 Å². The summed E-state index contributed by atoms with van der Waals surface area (Å²) in [6.07, 6.45) is 0. The van der Waals surface area contributed by atoms with Gasteiger partial charge in [-0.3, -0.25) is 0 Å². The summed E-state index contributed by atoms with van der Waals surface area (Å²) in [5.41, 5.74) is 4.92. The molecule has 0 saturated heterocycles. The molecular formula is C6H4BrFN2O2. The van der Waals surface area contributed by atoms with Crippen molar-refractivity contribution in [3.8, 4) is 0 Å². The predicted molar refractivity (Wildman–Crippen MR) is 43.3 cm³/mol. The first-order valence-electron chi connectivity index (χ1n) is 2.87. The lowest BCUT2D eigenvalue weighted by molar-refractivity contribution is 0.0697. The monoisotopic (exact) mass is 234 g/mol. The van der Waals surface area contributed by atoms with Gasteiger partial charge in [-0.15, -0.1) is 0 Å². The molecule has 0 bridgehead atoms. The SMILES string of the molecule is Nc1c(C(=O)O)cc(F)nc1Br. The second kappa shape index (κ2) is 3.06. The lowest BCUT2D eigenvalue weighted by atomic mass is 10.2. The van der Waals surface area contributed by atoms with Crippen molar-refractivity contribution >= 4 is 27.6 Å². The standard InChI is InChI=1S/C6H4BrFN2O2/c7-5-4(9)2(6(11)12)1-3(8)10-5/h1H,9H2,(H,11,12). The number of rotatable bonds is 1. The van der Waals surface area contributed by atoms with E-state index >= 15 is 0 Å². The molecule has 0 aliphatic carbocycles. The first kappa shape index (κ1) is 8.92. The minimum atomic E-state index is -1.28. The number of pyridine rings is 1. The first-order chi connectivity index (χ1) is 5.52. The zero-order valence-electron chi connectivity index (χ0n) is 5.71. The highest BCUT2D eigenvalue weighted by atomic mass is 79.9. The fraction of sp³-hybridized carbons (Fsp3) is 0. The van der Waals surface area contributed by atoms with E-state index in [-0.39, 0.29) is 15.9 Å². The molecule has 3 N–H and O–H groups in total. The number of halogens is 2. The molecule has 0 unspecified atom stereocenters. The van der Waals surface area contributed by atoms with E-state index in [1.807, 2.05) is 0 Å². The Morgan fingerprint density at radius 2 is 2.33 bits per heavy atom. The largest absolute Gasteiger partial charge is 0.478 e. The third-order valence-electron chi connectivity index (χ3n) is 1.21. The molecule has 1 aromatic rings. The third-order valence-corrected chi connectivity index (χ3v) is 1.82. The molecule has 64 valence electrons. The molecule has 1 aromatic heterocycles. The Morgan fingerprint density at radius 1 is 1.75 bits per heavy atom. The van der Waals surface area contributed by atoms with Crippen molar-refractivity contribution in [1.29, 1.82) is 0 Å². The number of nitrogen functional groups attached to an aromatic ring is 1. The number of nitrogens with two attached hydrogens (primary N) is 1. The highest BCUT2D eigenvalue weighted by Gasteiger charge is 2.13. The maximum absolute atomic E-state index is 12.5. The van der Waals surface area contributed by atoms with Crippen molar-refractivity contribution in [2.45, 2.75) is 0 Å². The van der Waals surface area contributed by atoms with Crippen molar-refractivity contribution in [2.75, 3.05) is 5.73 Å². The van der Waals surface area contributed by atoms with Crippen LogP contribution in [0.5, 0.6) is 0 Å². The Morgan fingerprint density at radius 3 is 2.83 bits per heavy atom. The van der Waals surface area contributed by atoms with E-state index in [4.69, 9.17) is 10.8 Å². The van der Waals surface area contributed by atoms with Gasteiger partial charge in [-0.05, 0) is 15.9 Å². The van der Waals surface area contributed by atoms with Gasteiger partial charge in [0.2, 0.25) is 5.95 Å². The van der Waals surface area contributed by atoms with E-state index in [0.29, 0.717) is 0 Å². The highest BCUT2D eigenvalue weighted by molar-refractivity contribution is 9.10. The van der Waals surface area contributed by atoms with Crippen LogP contribution in [0, 0.1) is 5.95 Å². The summed E-state index contributed by atoms with van der Waals surface area (Å²) in [7, 11) is 0. The summed E-state index contributed by atoms with van der Waals surface area (Å²) in [6.45, 7) is 0. The van der Waals surface area contributed by atoms with Crippen LogP contribution < -0.4 is 5.73 Å². The summed E-state index contributed by atoms with van der Waals surface area (Å²) in [4.78, 5) is 13.7. The van der Waals surface area contributed by atoms with E-state index in [9.17, 15) is 9.18 Å². The minimum Gasteiger partial charge on any atom is -0.478 e. The maximum atomic E-state index is 12.5. The van der Waals surface area contributed by atoms with Crippen LogP contribution in [-0.2, 0) is 0 Å². The molecule has 0 aliphatic heterocycles. The van der Waals surface area contributed by atoms with Crippen molar-refractivity contribution in [3.63, 3.8) is 0 Å². The lowest BCUT2D eigenvalue weighted by Crippen LogP contribution is -2.05. The van der Waals surface area contributed by atoms with E-state index in [0.717, 1.165) is 6.07 Å². The number of hydrogen-bond acceptors (Lipinski definition) is 3. The minimum absolute atomic E-state index is 0.0000926. The maximum Gasteiger partial charge on any atom is 0.338 e. The molecule has 0 saturated carbocycles. The van der Waals surface area contributed by atoms with Crippen LogP contribution in [-0.4, -0.2) is 16.1 Å². The number of anilines is 1. The van der Waals surface area contributed by atoms with Gasteiger partial charge in [0, 0.05) is 6.07 Å². The molecule has 0 amide bonds. The Balaban J connectivity index is 3.37. The third kappa shape index (κ3) is 1.53. The fourth-order valence-corrected chi connectivity index (χ4v) is 1.05. The molecular weight excluding hydrogens is 231 g/mol. The van der Waals surface area contributed by atoms with Gasteiger partial charge >= 0.3 is 5.97 Å². The van der Waals surface area contributed by atoms with Crippen molar-refractivity contribution in [1.82, 2.24) is 4.98 Å². The van der Waals surface area contributed by atoms with Crippen LogP contribution in [0.1, 0.15) is 10.4 Å². The second-order valence-electron chi connectivity index (χ2n) is 2.00. The Bertz CT molecular complexity index is 343. The van der Waals surface area contributed by atoms with Crippen molar-refractivity contribution in [3.05, 3.63) is 22.2 Å². The molecule has 0 spiro atoms. The van der Waals surface area contributed by atoms with Gasteiger partial charge in [0.15, 0.2) is 0 Å². The summed E-state index contributed by atoms with van der Waals surface area (Å²) in [5.74, 6) is -2.16. The molecule has 0 aromatic carbocycles. The predicted octanol–water partition coefficient (Wildman–Crippen LogP) is 1.26. The normalized spacial score (nSPS) is 9.83. The molecule has 0 atom stereocenters. The first-order valence-corrected chi connectivity index (χ1v) is 3.66. The van der Waals surface area contributed by atoms with Gasteiger partial charge in [0.05, 0.1) is 11.3 Å². The Hall–Kier alpha value is -1.17. The molecule has 12 heavy (non-hydrogen) atoms. The van der Waals surface area contributed by atoms with Gasteiger partial charge in [-0.1, -0.05) is 0 Å². The summed E-state index contributed by atoms with van der Waals surface area (Å²) < 4.78 is 12.5. The average molecular weight is 235 g/mol. The van der Waals surface area contributed by atoms with Crippen molar-refractivity contribution in [2.24, 2.45) is 0 Å². The molecule has 6 heteroatoms. The smallest absolute Gasteiger partial charge is 0.338 e. The number of carboxylic acid groups (broad SMARTS) is 1. The molecule has 4 nitrogen and oxygen atoms in total. The number of aromatic nitrogens is 1. The summed E-state index contributed by atoms with van der Waals surface area (Å²) >= 11 is 2.83. The van der Waals surface area contributed by atoms with Crippen LogP contribution in [0.3, 0.4) is 0 Å². The molecule has 0 radical (unpaired) electrons. The summed E-state index contributed by atoms with van der Waals surface area (Å²) in [5, 5.41) is 8.52. The molecule has 1 rings (SSSR count). The highest BCUT2D eigenvalue weighted by Crippen LogP contribution is 2.21. The van der Waals surface area contributed by atoms with Crippen LogP contribution in [0.4, 0.5) is 10.1 Å². The molecule has 1 heterocycles. The van der Waals surface area contributed by atoms with E-state index < -0.39 is 11.9 Å². The van der Waals surface area contributed by atoms with E-state index in [2.05, 4.69) is 20.9 Å². The number of hydrogen-bond donors (Lipinski definition) is 2. The average Bonchev–Trinajstić information content (AvgIpc) is 1.96. The number of nitrogens with zero attached hydrogens (tertiary/aromatic N) is 1. The lowest BCUT2D eigenvalue weighted by Gasteiger charge is -2.01. The number of carboxylic acids is 1. The zero-order valence-corrected chi connectivity index (χ0v) is 7.30. The zero-order chi connectivity index (χ0) is 9.30. The van der Waals surface area contributed by atoms with Crippen LogP contribution in [0.15, 0.2) is 10.7 Å². The number of carbonyl (C=O) groups is 1. The van der Waals surface area contributed by atoms with Crippen LogP contribution in [0.2, 0.25) is 0 Å². The van der Waals surface area contributed by atoms with E-state index in [1.165, 1.54) is 0 Å². The van der Waals surface area contributed by atoms with Crippen molar-refractivity contribution < 1.29 is 14.3 Å². The van der Waals surface area contributed by atoms with Gasteiger partial charge in [-0.25, -0.2) is 9.78 Å². The Kier molecular flexibility index (Phi) is 2.27. The van der Waals surface area contributed by atoms with Gasteiger partial charge in [0.25, 0.3) is 0 Å². The fourth-order valence-electron chi connectivity index (χ4n) is 0.671. The van der Waals surface area contributed by atoms with Crippen LogP contribution in [0.25, 0.3) is 0 Å².